The van der Waals surface area contributed by atoms with E-state index in [0.29, 0.717) is 18.9 Å². The van der Waals surface area contributed by atoms with Crippen LogP contribution in [0.1, 0.15) is 0 Å². The second kappa shape index (κ2) is 7.62. The van der Waals surface area contributed by atoms with Crippen molar-refractivity contribution in [2.45, 2.75) is 11.0 Å². The molecule has 0 aliphatic carbocycles. The van der Waals surface area contributed by atoms with Gasteiger partial charge in [-0.15, -0.1) is 12.4 Å². The van der Waals surface area contributed by atoms with Crippen LogP contribution in [0.15, 0.2) is 23.1 Å². The number of halogens is 2. The minimum absolute atomic E-state index is 0. The molecular formula is C12H18Cl2N2O4S. The van der Waals surface area contributed by atoms with Gasteiger partial charge < -0.3 is 15.2 Å². The van der Waals surface area contributed by atoms with Gasteiger partial charge in [0.1, 0.15) is 5.75 Å². The van der Waals surface area contributed by atoms with E-state index >= 15 is 0 Å². The van der Waals surface area contributed by atoms with Gasteiger partial charge in [-0.25, -0.2) is 8.42 Å². The molecule has 0 bridgehead atoms. The zero-order chi connectivity index (χ0) is 14.8. The number of sulfonamides is 1. The first-order chi connectivity index (χ1) is 9.48. The van der Waals surface area contributed by atoms with Crippen molar-refractivity contribution in [3.8, 4) is 5.75 Å². The molecule has 2 rings (SSSR count). The maximum absolute atomic E-state index is 12.5. The van der Waals surface area contributed by atoms with E-state index in [1.807, 2.05) is 0 Å². The van der Waals surface area contributed by atoms with E-state index in [-0.39, 0.29) is 41.5 Å². The molecule has 0 aromatic heterocycles. The minimum Gasteiger partial charge on any atom is -0.495 e. The molecule has 1 atom stereocenters. The summed E-state index contributed by atoms with van der Waals surface area (Å²) >= 11 is 5.98. The Bertz CT molecular complexity index is 583. The fourth-order valence-electron chi connectivity index (χ4n) is 2.01. The summed E-state index contributed by atoms with van der Waals surface area (Å²) in [6.07, 6.45) is -0.271. The number of ether oxygens (including phenoxy) is 2. The molecule has 1 saturated heterocycles. The molecule has 6 nitrogen and oxygen atoms in total. The SMILES string of the molecule is COc1ccc(S(=O)(=O)N2CCOC(CN)C2)cc1Cl.Cl. The largest absolute Gasteiger partial charge is 0.495 e. The third kappa shape index (κ3) is 4.00. The average molecular weight is 357 g/mol. The topological polar surface area (TPSA) is 81.9 Å². The van der Waals surface area contributed by atoms with Gasteiger partial charge in [0, 0.05) is 19.6 Å². The van der Waals surface area contributed by atoms with Gasteiger partial charge in [-0.3, -0.25) is 0 Å². The summed E-state index contributed by atoms with van der Waals surface area (Å²) in [5, 5.41) is 0.261. The van der Waals surface area contributed by atoms with Crippen molar-refractivity contribution in [3.05, 3.63) is 23.2 Å². The van der Waals surface area contributed by atoms with Gasteiger partial charge in [-0.05, 0) is 18.2 Å². The second-order valence-electron chi connectivity index (χ2n) is 4.39. The van der Waals surface area contributed by atoms with E-state index in [1.54, 1.807) is 0 Å². The monoisotopic (exact) mass is 356 g/mol. The Labute approximate surface area is 135 Å². The third-order valence-electron chi connectivity index (χ3n) is 3.13. The number of nitrogens with zero attached hydrogens (tertiary/aromatic N) is 1. The van der Waals surface area contributed by atoms with Crippen LogP contribution in [-0.2, 0) is 14.8 Å². The van der Waals surface area contributed by atoms with Crippen molar-refractivity contribution < 1.29 is 17.9 Å². The quantitative estimate of drug-likeness (QED) is 0.873. The fraction of sp³-hybridized carbons (Fsp3) is 0.500. The van der Waals surface area contributed by atoms with Crippen LogP contribution in [-0.4, -0.2) is 52.2 Å². The van der Waals surface area contributed by atoms with Gasteiger partial charge in [-0.1, -0.05) is 11.6 Å². The number of rotatable bonds is 4. The van der Waals surface area contributed by atoms with Crippen molar-refractivity contribution in [1.29, 1.82) is 0 Å². The maximum Gasteiger partial charge on any atom is 0.243 e. The first-order valence-electron chi connectivity index (χ1n) is 6.14. The molecule has 0 saturated carbocycles. The predicted octanol–water partition coefficient (Wildman–Crippen LogP) is 1.12. The summed E-state index contributed by atoms with van der Waals surface area (Å²) in [4.78, 5) is 0.140. The Hall–Kier alpha value is -0.570. The number of methoxy groups -OCH3 is 1. The van der Waals surface area contributed by atoms with E-state index in [4.69, 9.17) is 26.8 Å². The summed E-state index contributed by atoms with van der Waals surface area (Å²) in [6.45, 7) is 1.19. The summed E-state index contributed by atoms with van der Waals surface area (Å²) < 4.78 is 36.8. The summed E-state index contributed by atoms with van der Waals surface area (Å²) in [6, 6.07) is 4.41. The van der Waals surface area contributed by atoms with Crippen LogP contribution in [0, 0.1) is 0 Å². The molecule has 21 heavy (non-hydrogen) atoms. The van der Waals surface area contributed by atoms with Crippen LogP contribution in [0.2, 0.25) is 5.02 Å². The summed E-state index contributed by atoms with van der Waals surface area (Å²) in [7, 11) is -2.12. The van der Waals surface area contributed by atoms with Crippen molar-refractivity contribution in [3.63, 3.8) is 0 Å². The molecule has 2 N–H and O–H groups in total. The predicted molar refractivity (Wildman–Crippen MR) is 82.8 cm³/mol. The van der Waals surface area contributed by atoms with Gasteiger partial charge in [0.25, 0.3) is 0 Å². The first kappa shape index (κ1) is 18.5. The average Bonchev–Trinajstić information content (AvgIpc) is 2.47. The van der Waals surface area contributed by atoms with E-state index in [2.05, 4.69) is 0 Å². The molecule has 1 heterocycles. The summed E-state index contributed by atoms with van der Waals surface area (Å²) in [5.41, 5.74) is 5.53. The molecule has 1 unspecified atom stereocenters. The Morgan fingerprint density at radius 1 is 1.52 bits per heavy atom. The highest BCUT2D eigenvalue weighted by atomic mass is 35.5. The van der Waals surface area contributed by atoms with Crippen molar-refractivity contribution in [2.75, 3.05) is 33.4 Å². The number of nitrogens with two attached hydrogens (primary N) is 1. The zero-order valence-electron chi connectivity index (χ0n) is 11.5. The smallest absolute Gasteiger partial charge is 0.243 e. The van der Waals surface area contributed by atoms with Gasteiger partial charge in [0.15, 0.2) is 0 Å². The van der Waals surface area contributed by atoms with Crippen molar-refractivity contribution >= 4 is 34.0 Å². The van der Waals surface area contributed by atoms with Crippen LogP contribution >= 0.6 is 24.0 Å². The summed E-state index contributed by atoms with van der Waals surface area (Å²) in [5.74, 6) is 0.437. The van der Waals surface area contributed by atoms with Crippen molar-refractivity contribution in [2.24, 2.45) is 5.73 Å². The molecule has 1 aliphatic rings. The van der Waals surface area contributed by atoms with E-state index in [1.165, 1.54) is 29.6 Å². The number of hydrogen-bond donors (Lipinski definition) is 1. The number of hydrogen-bond acceptors (Lipinski definition) is 5. The molecule has 1 fully saturated rings. The third-order valence-corrected chi connectivity index (χ3v) is 5.28. The lowest BCUT2D eigenvalue weighted by Crippen LogP contribution is -2.48. The standard InChI is InChI=1S/C12H17ClN2O4S.ClH/c1-18-12-3-2-10(6-11(12)13)20(16,17)15-4-5-19-9(7-14)8-15;/h2-3,6,9H,4-5,7-8,14H2,1H3;1H. The molecule has 0 radical (unpaired) electrons. The van der Waals surface area contributed by atoms with E-state index in [0.717, 1.165) is 0 Å². The molecule has 120 valence electrons. The van der Waals surface area contributed by atoms with Crippen LogP contribution in [0.4, 0.5) is 0 Å². The molecular weight excluding hydrogens is 339 g/mol. The number of benzene rings is 1. The molecule has 1 aromatic rings. The lowest BCUT2D eigenvalue weighted by molar-refractivity contribution is 0.00450. The van der Waals surface area contributed by atoms with Gasteiger partial charge >= 0.3 is 0 Å². The Kier molecular flexibility index (Phi) is 6.71. The van der Waals surface area contributed by atoms with Crippen LogP contribution in [0.5, 0.6) is 5.75 Å². The van der Waals surface area contributed by atoms with E-state index < -0.39 is 10.0 Å². The normalized spacial score (nSPS) is 19.9. The van der Waals surface area contributed by atoms with Crippen LogP contribution in [0.25, 0.3) is 0 Å². The zero-order valence-corrected chi connectivity index (χ0v) is 13.9. The Balaban J connectivity index is 0.00000220. The highest BCUT2D eigenvalue weighted by Crippen LogP contribution is 2.28. The number of morpholine rings is 1. The highest BCUT2D eigenvalue weighted by molar-refractivity contribution is 7.89. The Morgan fingerprint density at radius 2 is 2.24 bits per heavy atom. The first-order valence-corrected chi connectivity index (χ1v) is 7.96. The van der Waals surface area contributed by atoms with Crippen LogP contribution in [0.3, 0.4) is 0 Å². The molecule has 1 aromatic carbocycles. The molecule has 1 aliphatic heterocycles. The maximum atomic E-state index is 12.5. The van der Waals surface area contributed by atoms with Gasteiger partial charge in [0.2, 0.25) is 10.0 Å². The lowest BCUT2D eigenvalue weighted by atomic mass is 10.3. The lowest BCUT2D eigenvalue weighted by Gasteiger charge is -2.31. The second-order valence-corrected chi connectivity index (χ2v) is 6.73. The van der Waals surface area contributed by atoms with Gasteiger partial charge in [-0.2, -0.15) is 4.31 Å². The van der Waals surface area contributed by atoms with Crippen molar-refractivity contribution in [1.82, 2.24) is 4.31 Å². The fourth-order valence-corrected chi connectivity index (χ4v) is 3.81. The molecule has 0 amide bonds. The minimum atomic E-state index is -3.59. The van der Waals surface area contributed by atoms with Crippen LogP contribution < -0.4 is 10.5 Å². The van der Waals surface area contributed by atoms with Gasteiger partial charge in [0.05, 0.1) is 29.7 Å². The molecule has 0 spiro atoms. The highest BCUT2D eigenvalue weighted by Gasteiger charge is 2.30. The van der Waals surface area contributed by atoms with E-state index in [9.17, 15) is 8.42 Å². The molecule has 9 heteroatoms. The Morgan fingerprint density at radius 3 is 2.81 bits per heavy atom.